The molecule has 25 heavy (non-hydrogen) atoms. The molecule has 2 atom stereocenters. The van der Waals surface area contributed by atoms with Crippen LogP contribution in [0.4, 0.5) is 0 Å². The smallest absolute Gasteiger partial charge is 0.178 e. The Balaban J connectivity index is 1.88. The molecule has 0 radical (unpaired) electrons. The molecule has 0 bridgehead atoms. The molecule has 130 valence electrons. The second kappa shape index (κ2) is 6.79. The van der Waals surface area contributed by atoms with Crippen LogP contribution in [0.1, 0.15) is 55.9 Å². The predicted octanol–water partition coefficient (Wildman–Crippen LogP) is 4.77. The highest BCUT2D eigenvalue weighted by Gasteiger charge is 2.32. The lowest BCUT2D eigenvalue weighted by atomic mass is 9.79. The molecular formula is C21H26N4. The minimum Gasteiger partial charge on any atom is -0.310 e. The standard InChI is InChI=1S/C21H26N4/c1-13(2)22-17(6)21-24-23-20-16(5)19(11-12-25(20)21)15(4)18-9-7-14(3)8-10-18/h7-10,16,19H,1,4,11-12H2,2-3,5-6H3/b22-17+/t16-,19?/m0/s1. The molecule has 1 aliphatic rings. The lowest BCUT2D eigenvalue weighted by Crippen LogP contribution is -2.26. The van der Waals surface area contributed by atoms with Crippen molar-refractivity contribution in [3.63, 3.8) is 0 Å². The van der Waals surface area contributed by atoms with Gasteiger partial charge in [-0.2, -0.15) is 0 Å². The first-order valence-electron chi connectivity index (χ1n) is 8.78. The summed E-state index contributed by atoms with van der Waals surface area (Å²) in [7, 11) is 0. The first-order chi connectivity index (χ1) is 11.9. The number of hydrogen-bond acceptors (Lipinski definition) is 3. The Morgan fingerprint density at radius 2 is 1.84 bits per heavy atom. The number of allylic oxidation sites excluding steroid dienone is 2. The Morgan fingerprint density at radius 3 is 2.48 bits per heavy atom. The second-order valence-electron chi connectivity index (χ2n) is 7.04. The molecule has 0 spiro atoms. The van der Waals surface area contributed by atoms with E-state index in [-0.39, 0.29) is 5.92 Å². The van der Waals surface area contributed by atoms with Crippen molar-refractivity contribution in [1.29, 1.82) is 0 Å². The summed E-state index contributed by atoms with van der Waals surface area (Å²) in [5.41, 5.74) is 5.33. The number of aliphatic imine (C=N–C) groups is 1. The number of hydrogen-bond donors (Lipinski definition) is 0. The fourth-order valence-corrected chi connectivity index (χ4v) is 3.63. The van der Waals surface area contributed by atoms with E-state index in [1.165, 1.54) is 16.7 Å². The lowest BCUT2D eigenvalue weighted by Gasteiger charge is -2.31. The summed E-state index contributed by atoms with van der Waals surface area (Å²) in [6.45, 7) is 17.3. The van der Waals surface area contributed by atoms with Crippen LogP contribution in [0, 0.1) is 12.8 Å². The molecule has 4 nitrogen and oxygen atoms in total. The van der Waals surface area contributed by atoms with Crippen molar-refractivity contribution in [3.05, 3.63) is 65.9 Å². The van der Waals surface area contributed by atoms with E-state index in [0.717, 1.165) is 36.0 Å². The average Bonchev–Trinajstić information content (AvgIpc) is 3.00. The molecule has 1 aromatic heterocycles. The molecule has 4 heteroatoms. The van der Waals surface area contributed by atoms with E-state index in [0.29, 0.717) is 5.92 Å². The Bertz CT molecular complexity index is 839. The number of nitrogens with zero attached hydrogens (tertiary/aromatic N) is 4. The molecule has 0 amide bonds. The van der Waals surface area contributed by atoms with Crippen molar-refractivity contribution >= 4 is 11.3 Å². The van der Waals surface area contributed by atoms with Crippen LogP contribution in [0.15, 0.2) is 48.1 Å². The second-order valence-corrected chi connectivity index (χ2v) is 7.04. The number of benzene rings is 1. The number of aromatic nitrogens is 3. The third-order valence-electron chi connectivity index (χ3n) is 5.01. The molecule has 2 heterocycles. The molecule has 0 saturated carbocycles. The molecule has 0 saturated heterocycles. The van der Waals surface area contributed by atoms with Crippen molar-refractivity contribution in [3.8, 4) is 0 Å². The lowest BCUT2D eigenvalue weighted by molar-refractivity contribution is 0.391. The van der Waals surface area contributed by atoms with Gasteiger partial charge in [0.05, 0.1) is 5.71 Å². The summed E-state index contributed by atoms with van der Waals surface area (Å²) in [5.74, 6) is 2.53. The summed E-state index contributed by atoms with van der Waals surface area (Å²) in [4.78, 5) is 4.44. The van der Waals surface area contributed by atoms with E-state index >= 15 is 0 Å². The maximum Gasteiger partial charge on any atom is 0.178 e. The van der Waals surface area contributed by atoms with Gasteiger partial charge in [0, 0.05) is 18.2 Å². The van der Waals surface area contributed by atoms with Crippen molar-refractivity contribution in [1.82, 2.24) is 14.8 Å². The molecule has 0 fully saturated rings. The van der Waals surface area contributed by atoms with E-state index in [1.807, 2.05) is 13.8 Å². The van der Waals surface area contributed by atoms with Gasteiger partial charge in [-0.25, -0.2) is 0 Å². The highest BCUT2D eigenvalue weighted by Crippen LogP contribution is 2.39. The van der Waals surface area contributed by atoms with Crippen LogP contribution in [-0.4, -0.2) is 20.5 Å². The molecule has 1 unspecified atom stereocenters. The highest BCUT2D eigenvalue weighted by molar-refractivity contribution is 5.96. The van der Waals surface area contributed by atoms with Crippen molar-refractivity contribution in [2.24, 2.45) is 10.9 Å². The monoisotopic (exact) mass is 334 g/mol. The summed E-state index contributed by atoms with van der Waals surface area (Å²) < 4.78 is 2.20. The summed E-state index contributed by atoms with van der Waals surface area (Å²) >= 11 is 0. The number of aryl methyl sites for hydroxylation is 1. The van der Waals surface area contributed by atoms with Crippen LogP contribution in [0.2, 0.25) is 0 Å². The van der Waals surface area contributed by atoms with Gasteiger partial charge in [-0.05, 0) is 44.2 Å². The fourth-order valence-electron chi connectivity index (χ4n) is 3.63. The van der Waals surface area contributed by atoms with E-state index in [1.54, 1.807) is 0 Å². The zero-order chi connectivity index (χ0) is 18.1. The average molecular weight is 334 g/mol. The Labute approximate surface area is 150 Å². The quantitative estimate of drug-likeness (QED) is 0.756. The third kappa shape index (κ3) is 3.34. The zero-order valence-electron chi connectivity index (χ0n) is 15.6. The van der Waals surface area contributed by atoms with Crippen molar-refractivity contribution in [2.45, 2.75) is 46.6 Å². The van der Waals surface area contributed by atoms with E-state index in [2.05, 4.69) is 71.0 Å². The molecule has 0 N–H and O–H groups in total. The van der Waals surface area contributed by atoms with Gasteiger partial charge in [0.15, 0.2) is 5.82 Å². The summed E-state index contributed by atoms with van der Waals surface area (Å²) in [6.07, 6.45) is 1.03. The van der Waals surface area contributed by atoms with Gasteiger partial charge in [-0.1, -0.05) is 49.9 Å². The van der Waals surface area contributed by atoms with Crippen LogP contribution >= 0.6 is 0 Å². The Hall–Kier alpha value is -2.49. The molecule has 2 aromatic rings. The Kier molecular flexibility index (Phi) is 4.71. The zero-order valence-corrected chi connectivity index (χ0v) is 15.6. The SMILES string of the molecule is C=C(C)/N=C(\C)c1nnc2n1CCC(C(=C)c1ccc(C)cc1)[C@@H]2C. The molecular weight excluding hydrogens is 308 g/mol. The normalized spacial score (nSPS) is 20.2. The number of rotatable bonds is 4. The molecule has 3 rings (SSSR count). The molecule has 1 aliphatic heterocycles. The predicted molar refractivity (Wildman–Crippen MR) is 104 cm³/mol. The van der Waals surface area contributed by atoms with Crippen LogP contribution in [0.5, 0.6) is 0 Å². The van der Waals surface area contributed by atoms with Crippen LogP contribution in [-0.2, 0) is 6.54 Å². The van der Waals surface area contributed by atoms with Gasteiger partial charge in [0.1, 0.15) is 5.82 Å². The minimum atomic E-state index is 0.279. The molecule has 1 aromatic carbocycles. The first kappa shape index (κ1) is 17.3. The largest absolute Gasteiger partial charge is 0.310 e. The maximum atomic E-state index is 4.47. The van der Waals surface area contributed by atoms with Gasteiger partial charge < -0.3 is 4.57 Å². The van der Waals surface area contributed by atoms with E-state index in [4.69, 9.17) is 0 Å². The van der Waals surface area contributed by atoms with Gasteiger partial charge in [0.2, 0.25) is 0 Å². The minimum absolute atomic E-state index is 0.279. The van der Waals surface area contributed by atoms with E-state index in [9.17, 15) is 0 Å². The molecule has 0 aliphatic carbocycles. The van der Waals surface area contributed by atoms with Crippen LogP contribution in [0.25, 0.3) is 5.57 Å². The van der Waals surface area contributed by atoms with Crippen LogP contribution < -0.4 is 0 Å². The summed E-state index contributed by atoms with van der Waals surface area (Å²) in [6, 6.07) is 8.62. The highest BCUT2D eigenvalue weighted by atomic mass is 15.3. The summed E-state index contributed by atoms with van der Waals surface area (Å²) in [5, 5.41) is 8.86. The Morgan fingerprint density at radius 1 is 1.16 bits per heavy atom. The third-order valence-corrected chi connectivity index (χ3v) is 5.01. The maximum absolute atomic E-state index is 4.47. The van der Waals surface area contributed by atoms with Gasteiger partial charge in [-0.15, -0.1) is 10.2 Å². The van der Waals surface area contributed by atoms with Crippen LogP contribution in [0.3, 0.4) is 0 Å². The van der Waals surface area contributed by atoms with Gasteiger partial charge >= 0.3 is 0 Å². The van der Waals surface area contributed by atoms with Crippen molar-refractivity contribution < 1.29 is 0 Å². The van der Waals surface area contributed by atoms with Gasteiger partial charge in [-0.3, -0.25) is 4.99 Å². The first-order valence-corrected chi connectivity index (χ1v) is 8.78. The fraction of sp³-hybridized carbons (Fsp3) is 0.381. The topological polar surface area (TPSA) is 43.1 Å². The van der Waals surface area contributed by atoms with E-state index < -0.39 is 0 Å². The van der Waals surface area contributed by atoms with Gasteiger partial charge in [0.25, 0.3) is 0 Å². The van der Waals surface area contributed by atoms with Crippen molar-refractivity contribution in [2.75, 3.05) is 0 Å². The number of fused-ring (bicyclic) bond motifs is 1.